The fourth-order valence-electron chi connectivity index (χ4n) is 1.30. The first-order valence-corrected chi connectivity index (χ1v) is 5.61. The van der Waals surface area contributed by atoms with Gasteiger partial charge in [0.1, 0.15) is 0 Å². The lowest BCUT2D eigenvalue weighted by Crippen LogP contribution is -2.46. The van der Waals surface area contributed by atoms with Crippen LogP contribution in [0.1, 0.15) is 13.8 Å². The van der Waals surface area contributed by atoms with E-state index in [1.807, 2.05) is 0 Å². The molecule has 0 heterocycles. The van der Waals surface area contributed by atoms with Crippen LogP contribution in [0.5, 0.6) is 0 Å². The molecule has 2 atom stereocenters. The van der Waals surface area contributed by atoms with Gasteiger partial charge in [0.25, 0.3) is 5.91 Å². The highest BCUT2D eigenvalue weighted by atomic mass is 16.3. The predicted octanol–water partition coefficient (Wildman–Crippen LogP) is 0.287. The Morgan fingerprint density at radius 1 is 1.28 bits per heavy atom. The lowest BCUT2D eigenvalue weighted by atomic mass is 10.1. The molecule has 0 aromatic carbocycles. The monoisotopic (exact) mass is 252 g/mol. The van der Waals surface area contributed by atoms with Gasteiger partial charge >= 0.3 is 0 Å². The van der Waals surface area contributed by atoms with E-state index in [-0.39, 0.29) is 12.8 Å². The Bertz CT molecular complexity index is 361. The highest BCUT2D eigenvalue weighted by Crippen LogP contribution is 2.03. The first-order chi connectivity index (χ1) is 8.47. The summed E-state index contributed by atoms with van der Waals surface area (Å²) in [5.41, 5.74) is 0.758. The first-order valence-electron chi connectivity index (χ1n) is 5.61. The van der Waals surface area contributed by atoms with E-state index in [4.69, 9.17) is 5.11 Å². The van der Waals surface area contributed by atoms with E-state index in [1.54, 1.807) is 25.2 Å². The fourth-order valence-corrected chi connectivity index (χ4v) is 1.30. The van der Waals surface area contributed by atoms with Crippen molar-refractivity contribution < 1.29 is 14.7 Å². The van der Waals surface area contributed by atoms with Gasteiger partial charge in [-0.1, -0.05) is 31.4 Å². The van der Waals surface area contributed by atoms with Crippen LogP contribution < -0.4 is 10.6 Å². The van der Waals surface area contributed by atoms with Crippen LogP contribution in [0.15, 0.2) is 37.0 Å². The van der Waals surface area contributed by atoms with Crippen molar-refractivity contribution in [2.24, 2.45) is 0 Å². The van der Waals surface area contributed by atoms with Crippen molar-refractivity contribution in [3.63, 3.8) is 0 Å². The van der Waals surface area contributed by atoms with E-state index < -0.39 is 17.7 Å². The van der Waals surface area contributed by atoms with Crippen LogP contribution in [0.2, 0.25) is 0 Å². The molecular formula is C13H20N2O3. The van der Waals surface area contributed by atoms with Gasteiger partial charge in [-0.15, -0.1) is 0 Å². The van der Waals surface area contributed by atoms with Gasteiger partial charge in [0.2, 0.25) is 5.78 Å². The molecule has 0 radical (unpaired) electrons. The largest absolute Gasteiger partial charge is 0.381 e. The minimum absolute atomic E-state index is 0.335. The SMILES string of the molecule is C=C/C=C(\C=C)C(C)NC(=O)C(=O)C(C)NCO. The first kappa shape index (κ1) is 16.3. The molecule has 18 heavy (non-hydrogen) atoms. The van der Waals surface area contributed by atoms with Crippen LogP contribution in [0.4, 0.5) is 0 Å². The molecule has 0 rings (SSSR count). The van der Waals surface area contributed by atoms with Gasteiger partial charge in [0.05, 0.1) is 18.8 Å². The van der Waals surface area contributed by atoms with Crippen LogP contribution in [0.25, 0.3) is 0 Å². The molecule has 0 saturated heterocycles. The zero-order chi connectivity index (χ0) is 14.1. The predicted molar refractivity (Wildman–Crippen MR) is 70.8 cm³/mol. The summed E-state index contributed by atoms with van der Waals surface area (Å²) in [5, 5.41) is 13.6. The summed E-state index contributed by atoms with van der Waals surface area (Å²) in [4.78, 5) is 23.2. The van der Waals surface area contributed by atoms with Gasteiger partial charge in [0, 0.05) is 0 Å². The van der Waals surface area contributed by atoms with E-state index in [9.17, 15) is 9.59 Å². The molecule has 0 aliphatic heterocycles. The molecule has 1 amide bonds. The standard InChI is InChI=1S/C13H20N2O3/c1-5-7-11(6-2)9(3)15-13(18)12(17)10(4)14-8-16/h5-7,9-10,14,16H,1-2,8H2,3-4H3,(H,15,18)/b11-7+. The highest BCUT2D eigenvalue weighted by Gasteiger charge is 2.22. The van der Waals surface area contributed by atoms with Gasteiger partial charge in [0.15, 0.2) is 0 Å². The van der Waals surface area contributed by atoms with E-state index in [0.717, 1.165) is 5.57 Å². The third-order valence-electron chi connectivity index (χ3n) is 2.41. The van der Waals surface area contributed by atoms with Crippen molar-refractivity contribution in [2.45, 2.75) is 25.9 Å². The molecule has 0 aromatic rings. The van der Waals surface area contributed by atoms with E-state index in [1.165, 1.54) is 6.92 Å². The lowest BCUT2D eigenvalue weighted by molar-refractivity contribution is -0.139. The molecule has 0 bridgehead atoms. The van der Waals surface area contributed by atoms with Gasteiger partial charge in [-0.05, 0) is 19.4 Å². The average Bonchev–Trinajstić information content (AvgIpc) is 2.34. The van der Waals surface area contributed by atoms with Crippen molar-refractivity contribution in [2.75, 3.05) is 6.73 Å². The Kier molecular flexibility index (Phi) is 7.58. The average molecular weight is 252 g/mol. The zero-order valence-corrected chi connectivity index (χ0v) is 10.8. The second-order valence-corrected chi connectivity index (χ2v) is 3.75. The van der Waals surface area contributed by atoms with Gasteiger partial charge in [-0.3, -0.25) is 14.9 Å². The quantitative estimate of drug-likeness (QED) is 0.329. The van der Waals surface area contributed by atoms with Gasteiger partial charge in [-0.25, -0.2) is 0 Å². The summed E-state index contributed by atoms with van der Waals surface area (Å²) in [5.74, 6) is -1.33. The summed E-state index contributed by atoms with van der Waals surface area (Å²) in [6.45, 7) is 10.1. The molecule has 100 valence electrons. The van der Waals surface area contributed by atoms with Gasteiger partial charge in [-0.2, -0.15) is 0 Å². The fraction of sp³-hybridized carbons (Fsp3) is 0.385. The Balaban J connectivity index is 4.56. The summed E-state index contributed by atoms with van der Waals surface area (Å²) >= 11 is 0. The molecule has 5 heteroatoms. The molecule has 3 N–H and O–H groups in total. The van der Waals surface area contributed by atoms with Crippen molar-refractivity contribution in [1.82, 2.24) is 10.6 Å². The van der Waals surface area contributed by atoms with Crippen molar-refractivity contribution in [3.8, 4) is 0 Å². The number of carbonyl (C=O) groups is 2. The van der Waals surface area contributed by atoms with E-state index in [0.29, 0.717) is 0 Å². The second kappa shape index (κ2) is 8.38. The number of allylic oxidation sites excluding steroid dienone is 2. The highest BCUT2D eigenvalue weighted by molar-refractivity contribution is 6.38. The number of ketones is 1. The van der Waals surface area contributed by atoms with Gasteiger partial charge < -0.3 is 10.4 Å². The summed E-state index contributed by atoms with van der Waals surface area (Å²) < 4.78 is 0. The molecule has 0 spiro atoms. The van der Waals surface area contributed by atoms with Crippen LogP contribution in [0.3, 0.4) is 0 Å². The summed E-state index contributed by atoms with van der Waals surface area (Å²) in [7, 11) is 0. The number of hydrogen-bond acceptors (Lipinski definition) is 4. The third kappa shape index (κ3) is 5.07. The minimum Gasteiger partial charge on any atom is -0.381 e. The minimum atomic E-state index is -0.724. The number of aliphatic hydroxyl groups is 1. The lowest BCUT2D eigenvalue weighted by Gasteiger charge is -2.16. The number of rotatable bonds is 8. The molecule has 2 unspecified atom stereocenters. The Hall–Kier alpha value is -1.72. The number of nitrogens with one attached hydrogen (secondary N) is 2. The van der Waals surface area contributed by atoms with Crippen LogP contribution in [-0.4, -0.2) is 35.6 Å². The van der Waals surface area contributed by atoms with Crippen molar-refractivity contribution >= 4 is 11.7 Å². The van der Waals surface area contributed by atoms with E-state index >= 15 is 0 Å². The van der Waals surface area contributed by atoms with Crippen LogP contribution in [0, 0.1) is 0 Å². The number of aliphatic hydroxyl groups excluding tert-OH is 1. The Labute approximate surface area is 107 Å². The maximum absolute atomic E-state index is 11.6. The smallest absolute Gasteiger partial charge is 0.289 e. The molecular weight excluding hydrogens is 232 g/mol. The number of amides is 1. The molecule has 0 aromatic heterocycles. The van der Waals surface area contributed by atoms with Crippen molar-refractivity contribution in [1.29, 1.82) is 0 Å². The number of carbonyl (C=O) groups excluding carboxylic acids is 2. The summed E-state index contributed by atoms with van der Waals surface area (Å²) in [6.07, 6.45) is 4.88. The molecule has 5 nitrogen and oxygen atoms in total. The summed E-state index contributed by atoms with van der Waals surface area (Å²) in [6, 6.07) is -1.06. The molecule has 0 aliphatic rings. The zero-order valence-electron chi connectivity index (χ0n) is 10.8. The Morgan fingerprint density at radius 3 is 2.33 bits per heavy atom. The number of hydrogen-bond donors (Lipinski definition) is 3. The maximum atomic E-state index is 11.6. The number of Topliss-reactive ketones (excluding diaryl/α,β-unsaturated/α-hetero) is 1. The van der Waals surface area contributed by atoms with E-state index in [2.05, 4.69) is 23.8 Å². The third-order valence-corrected chi connectivity index (χ3v) is 2.41. The molecule has 0 fully saturated rings. The topological polar surface area (TPSA) is 78.4 Å². The van der Waals surface area contributed by atoms with Crippen LogP contribution >= 0.6 is 0 Å². The van der Waals surface area contributed by atoms with Crippen molar-refractivity contribution in [3.05, 3.63) is 37.0 Å². The molecule has 0 saturated carbocycles. The van der Waals surface area contributed by atoms with Crippen LogP contribution in [-0.2, 0) is 9.59 Å². The Morgan fingerprint density at radius 2 is 1.89 bits per heavy atom. The maximum Gasteiger partial charge on any atom is 0.289 e. The second-order valence-electron chi connectivity index (χ2n) is 3.75. The normalized spacial score (nSPS) is 14.5. The molecule has 0 aliphatic carbocycles.